The molecule has 1 atom stereocenters. The van der Waals surface area contributed by atoms with Crippen molar-refractivity contribution in [1.82, 2.24) is 0 Å². The topological polar surface area (TPSA) is 29.4 Å². The predicted octanol–water partition coefficient (Wildman–Crippen LogP) is 3.18. The largest absolute Gasteiger partial charge is 0.298 e. The molecule has 88 valence electrons. The van der Waals surface area contributed by atoms with Gasteiger partial charge in [0.15, 0.2) is 6.29 Å². The molecule has 0 fully saturated rings. The van der Waals surface area contributed by atoms with Gasteiger partial charge in [-0.15, -0.1) is 0 Å². The van der Waals surface area contributed by atoms with Gasteiger partial charge in [-0.25, -0.2) is 8.78 Å². The number of aldehydes is 1. The molecule has 0 aliphatic carbocycles. The van der Waals surface area contributed by atoms with E-state index in [-0.39, 0.29) is 12.0 Å². The van der Waals surface area contributed by atoms with Crippen LogP contribution in [-0.4, -0.2) is 18.2 Å². The summed E-state index contributed by atoms with van der Waals surface area (Å²) in [7, 11) is 0. The van der Waals surface area contributed by atoms with Gasteiger partial charge in [-0.05, 0) is 30.2 Å². The van der Waals surface area contributed by atoms with Gasteiger partial charge in [-0.2, -0.15) is 0 Å². The molecule has 0 radical (unpaired) electrons. The second kappa shape index (κ2) is 4.20. The number of halogens is 2. The first-order valence-corrected chi connectivity index (χ1v) is 5.19. The first-order valence-electron chi connectivity index (χ1n) is 5.19. The summed E-state index contributed by atoms with van der Waals surface area (Å²) in [5, 5.41) is 0. The van der Waals surface area contributed by atoms with Crippen molar-refractivity contribution in [2.75, 3.05) is 0 Å². The van der Waals surface area contributed by atoms with Crippen LogP contribution in [0.25, 0.3) is 5.57 Å². The van der Waals surface area contributed by atoms with Crippen LogP contribution in [0, 0.1) is 5.82 Å². The van der Waals surface area contributed by atoms with Gasteiger partial charge in [0, 0.05) is 18.8 Å². The van der Waals surface area contributed by atoms with E-state index >= 15 is 0 Å². The van der Waals surface area contributed by atoms with Crippen LogP contribution in [0.4, 0.5) is 8.78 Å². The normalized spacial score (nSPS) is 23.4. The molecule has 2 rings (SSSR count). The predicted molar refractivity (Wildman–Crippen MR) is 62.4 cm³/mol. The van der Waals surface area contributed by atoms with Crippen molar-refractivity contribution < 1.29 is 13.6 Å². The van der Waals surface area contributed by atoms with Crippen LogP contribution in [0.2, 0.25) is 0 Å². The molecule has 2 nitrogen and oxygen atoms in total. The van der Waals surface area contributed by atoms with Crippen molar-refractivity contribution in [1.29, 1.82) is 0 Å². The van der Waals surface area contributed by atoms with Gasteiger partial charge >= 0.3 is 0 Å². The molecule has 1 aromatic rings. The quantitative estimate of drug-likeness (QED) is 0.724. The highest BCUT2D eigenvalue weighted by Gasteiger charge is 2.25. The average molecular weight is 235 g/mol. The summed E-state index contributed by atoms with van der Waals surface area (Å²) in [6.07, 6.45) is 3.34. The monoisotopic (exact) mass is 235 g/mol. The first-order chi connectivity index (χ1) is 8.02. The molecule has 1 aromatic carbocycles. The molecule has 1 unspecified atom stereocenters. The number of hydrogen-bond donors (Lipinski definition) is 0. The van der Waals surface area contributed by atoms with E-state index in [0.717, 1.165) is 0 Å². The second-order valence-electron chi connectivity index (χ2n) is 4.24. The maximum absolute atomic E-state index is 13.7. The van der Waals surface area contributed by atoms with Gasteiger partial charge in [0.25, 0.3) is 0 Å². The minimum Gasteiger partial charge on any atom is -0.298 e. The minimum absolute atomic E-state index is 0.00308. The van der Waals surface area contributed by atoms with Crippen LogP contribution in [0.15, 0.2) is 29.4 Å². The third kappa shape index (κ3) is 2.46. The maximum atomic E-state index is 13.7. The number of benzene rings is 1. The Hall–Kier alpha value is -1.84. The van der Waals surface area contributed by atoms with Crippen LogP contribution >= 0.6 is 0 Å². The highest BCUT2D eigenvalue weighted by atomic mass is 19.1. The molecule has 0 saturated heterocycles. The highest BCUT2D eigenvalue weighted by molar-refractivity contribution is 5.81. The number of carbonyl (C=O) groups is 1. The SMILES string of the molecule is CC1(F)C=NC=C(c2ccc(C=O)c(F)c2)C1. The first kappa shape index (κ1) is 11.6. The molecule has 4 heteroatoms. The third-order valence-electron chi connectivity index (χ3n) is 2.61. The lowest BCUT2D eigenvalue weighted by Gasteiger charge is -2.20. The fraction of sp³-hybridized carbons (Fsp3) is 0.231. The molecule has 0 saturated carbocycles. The van der Waals surface area contributed by atoms with Gasteiger partial charge in [0.2, 0.25) is 0 Å². The molecule has 0 amide bonds. The Morgan fingerprint density at radius 3 is 2.82 bits per heavy atom. The average Bonchev–Trinajstić information content (AvgIpc) is 2.27. The van der Waals surface area contributed by atoms with Crippen LogP contribution in [-0.2, 0) is 0 Å². The van der Waals surface area contributed by atoms with Gasteiger partial charge in [0.1, 0.15) is 11.5 Å². The molecule has 1 aliphatic heterocycles. The lowest BCUT2D eigenvalue weighted by Crippen LogP contribution is -2.22. The van der Waals surface area contributed by atoms with Crippen LogP contribution in [0.5, 0.6) is 0 Å². The molecular weight excluding hydrogens is 224 g/mol. The number of carbonyl (C=O) groups excluding carboxylic acids is 1. The van der Waals surface area contributed by atoms with Crippen molar-refractivity contribution in [3.8, 4) is 0 Å². The van der Waals surface area contributed by atoms with Gasteiger partial charge < -0.3 is 0 Å². The van der Waals surface area contributed by atoms with E-state index in [1.54, 1.807) is 6.07 Å². The van der Waals surface area contributed by atoms with Crippen molar-refractivity contribution >= 4 is 18.1 Å². The summed E-state index contributed by atoms with van der Waals surface area (Å²) in [6.45, 7) is 1.42. The Morgan fingerprint density at radius 1 is 1.47 bits per heavy atom. The third-order valence-corrected chi connectivity index (χ3v) is 2.61. The fourth-order valence-corrected chi connectivity index (χ4v) is 1.75. The van der Waals surface area contributed by atoms with Crippen LogP contribution < -0.4 is 0 Å². The van der Waals surface area contributed by atoms with Crippen molar-refractivity contribution in [3.05, 3.63) is 41.3 Å². The Bertz CT molecular complexity index is 518. The van der Waals surface area contributed by atoms with E-state index in [1.165, 1.54) is 31.5 Å². The van der Waals surface area contributed by atoms with Crippen molar-refractivity contribution in [2.45, 2.75) is 19.0 Å². The summed E-state index contributed by atoms with van der Waals surface area (Å²) >= 11 is 0. The zero-order chi connectivity index (χ0) is 12.5. The van der Waals surface area contributed by atoms with Gasteiger partial charge in [-0.1, -0.05) is 6.07 Å². The number of nitrogens with zero attached hydrogens (tertiary/aromatic N) is 1. The van der Waals surface area contributed by atoms with E-state index in [0.29, 0.717) is 17.4 Å². The van der Waals surface area contributed by atoms with E-state index < -0.39 is 11.5 Å². The zero-order valence-corrected chi connectivity index (χ0v) is 9.28. The summed E-state index contributed by atoms with van der Waals surface area (Å²) in [5.74, 6) is -0.603. The molecule has 0 bridgehead atoms. The Morgan fingerprint density at radius 2 is 2.24 bits per heavy atom. The summed E-state index contributed by atoms with van der Waals surface area (Å²) in [4.78, 5) is 14.3. The van der Waals surface area contributed by atoms with E-state index in [2.05, 4.69) is 4.99 Å². The molecule has 1 aliphatic rings. The van der Waals surface area contributed by atoms with E-state index in [1.807, 2.05) is 0 Å². The smallest absolute Gasteiger partial charge is 0.152 e. The molecule has 17 heavy (non-hydrogen) atoms. The molecule has 0 aromatic heterocycles. The Labute approximate surface area is 97.7 Å². The van der Waals surface area contributed by atoms with Crippen LogP contribution in [0.1, 0.15) is 29.3 Å². The number of alkyl halides is 1. The Balaban J connectivity index is 2.36. The van der Waals surface area contributed by atoms with Crippen molar-refractivity contribution in [2.24, 2.45) is 4.99 Å². The summed E-state index contributed by atoms with van der Waals surface area (Å²) in [6, 6.07) is 4.20. The summed E-state index contributed by atoms with van der Waals surface area (Å²) in [5.41, 5.74) is -0.344. The lowest BCUT2D eigenvalue weighted by atomic mass is 9.92. The Kier molecular flexibility index (Phi) is 2.88. The maximum Gasteiger partial charge on any atom is 0.152 e. The molecule has 0 spiro atoms. The number of rotatable bonds is 2. The number of allylic oxidation sites excluding steroid dienone is 1. The summed E-state index contributed by atoms with van der Waals surface area (Å²) < 4.78 is 27.1. The van der Waals surface area contributed by atoms with Gasteiger partial charge in [0.05, 0.1) is 5.56 Å². The van der Waals surface area contributed by atoms with Gasteiger partial charge in [-0.3, -0.25) is 9.79 Å². The van der Waals surface area contributed by atoms with E-state index in [9.17, 15) is 13.6 Å². The van der Waals surface area contributed by atoms with Crippen LogP contribution in [0.3, 0.4) is 0 Å². The molecular formula is C13H11F2NO. The highest BCUT2D eigenvalue weighted by Crippen LogP contribution is 2.30. The standard InChI is InChI=1S/C13H11F2NO/c1-13(15)5-11(6-16-8-13)9-2-3-10(7-17)12(14)4-9/h2-4,6-8H,5H2,1H3. The number of hydrogen-bond acceptors (Lipinski definition) is 2. The minimum atomic E-state index is -1.51. The second-order valence-corrected chi connectivity index (χ2v) is 4.24. The molecule has 0 N–H and O–H groups in total. The number of aliphatic imine (C=N–C) groups is 1. The van der Waals surface area contributed by atoms with E-state index in [4.69, 9.17) is 0 Å². The molecule has 1 heterocycles. The zero-order valence-electron chi connectivity index (χ0n) is 9.28. The fourth-order valence-electron chi connectivity index (χ4n) is 1.75. The van der Waals surface area contributed by atoms with Crippen molar-refractivity contribution in [3.63, 3.8) is 0 Å². The lowest BCUT2D eigenvalue weighted by molar-refractivity contribution is 0.112.